The van der Waals surface area contributed by atoms with E-state index in [9.17, 15) is 19.7 Å². The predicted molar refractivity (Wildman–Crippen MR) is 132 cm³/mol. The van der Waals surface area contributed by atoms with Crippen molar-refractivity contribution in [1.82, 2.24) is 4.90 Å². The zero-order chi connectivity index (χ0) is 25.4. The molecule has 0 heterocycles. The Morgan fingerprint density at radius 3 is 2.57 bits per heavy atom. The number of benzene rings is 2. The van der Waals surface area contributed by atoms with Crippen LogP contribution in [0.5, 0.6) is 11.5 Å². The Kier molecular flexibility index (Phi) is 9.08. The molecule has 10 heteroatoms. The minimum absolute atomic E-state index is 0.0412. The summed E-state index contributed by atoms with van der Waals surface area (Å²) in [6.07, 6.45) is 8.04. The van der Waals surface area contributed by atoms with Gasteiger partial charge in [0.2, 0.25) is 5.91 Å². The lowest BCUT2D eigenvalue weighted by Crippen LogP contribution is -2.40. The van der Waals surface area contributed by atoms with Crippen molar-refractivity contribution in [1.29, 1.82) is 0 Å². The molecule has 2 N–H and O–H groups in total. The molecule has 9 nitrogen and oxygen atoms in total. The smallest absolute Gasteiger partial charge is 0.288 e. The second kappa shape index (κ2) is 12.2. The van der Waals surface area contributed by atoms with Crippen molar-refractivity contribution in [3.05, 3.63) is 68.7 Å². The lowest BCUT2D eigenvalue weighted by Gasteiger charge is -2.34. The first-order valence-electron chi connectivity index (χ1n) is 11.3. The Bertz CT molecular complexity index is 1110. The number of carbonyl (C=O) groups is 2. The van der Waals surface area contributed by atoms with Crippen LogP contribution in [0.15, 0.2) is 42.5 Å². The second-order valence-corrected chi connectivity index (χ2v) is 8.71. The van der Waals surface area contributed by atoms with Gasteiger partial charge >= 0.3 is 0 Å². The molecule has 1 aliphatic rings. The molecular weight excluding hydrogens is 474 g/mol. The molecule has 0 saturated heterocycles. The molecule has 1 aliphatic carbocycles. The molecule has 0 aromatic heterocycles. The highest BCUT2D eigenvalue weighted by molar-refractivity contribution is 6.32. The van der Waals surface area contributed by atoms with E-state index < -0.39 is 10.8 Å². The fourth-order valence-electron chi connectivity index (χ4n) is 4.09. The average molecular weight is 502 g/mol. The van der Waals surface area contributed by atoms with E-state index in [1.807, 2.05) is 11.0 Å². The summed E-state index contributed by atoms with van der Waals surface area (Å²) in [7, 11) is 1.49. The van der Waals surface area contributed by atoms with Crippen LogP contribution in [0.4, 0.5) is 5.69 Å². The highest BCUT2D eigenvalue weighted by Gasteiger charge is 2.25. The Hall–Kier alpha value is -3.59. The van der Waals surface area contributed by atoms with Crippen molar-refractivity contribution in [3.63, 3.8) is 0 Å². The molecule has 2 aromatic rings. The van der Waals surface area contributed by atoms with Gasteiger partial charge in [0.25, 0.3) is 11.6 Å². The number of hydrogen-bond acceptors (Lipinski definition) is 6. The topological polar surface area (TPSA) is 125 Å². The molecule has 3 rings (SSSR count). The minimum atomic E-state index is -0.594. The van der Waals surface area contributed by atoms with Crippen LogP contribution in [0.1, 0.15) is 43.2 Å². The van der Waals surface area contributed by atoms with Gasteiger partial charge in [0.1, 0.15) is 5.02 Å². The summed E-state index contributed by atoms with van der Waals surface area (Å²) in [5.74, 6) is 0.0316. The predicted octanol–water partition coefficient (Wildman–Crippen LogP) is 4.50. The lowest BCUT2D eigenvalue weighted by atomic mass is 9.93. The van der Waals surface area contributed by atoms with Crippen LogP contribution in [0.2, 0.25) is 5.02 Å². The number of amides is 2. The Morgan fingerprint density at radius 2 is 1.91 bits per heavy atom. The lowest BCUT2D eigenvalue weighted by molar-refractivity contribution is -0.384. The Balaban J connectivity index is 1.82. The van der Waals surface area contributed by atoms with Gasteiger partial charge in [0.05, 0.1) is 12.0 Å². The molecule has 35 heavy (non-hydrogen) atoms. The van der Waals surface area contributed by atoms with Crippen LogP contribution in [-0.2, 0) is 16.1 Å². The van der Waals surface area contributed by atoms with Crippen molar-refractivity contribution >= 4 is 35.2 Å². The zero-order valence-electron chi connectivity index (χ0n) is 19.4. The van der Waals surface area contributed by atoms with Gasteiger partial charge in [0, 0.05) is 24.7 Å². The van der Waals surface area contributed by atoms with E-state index in [1.54, 1.807) is 24.3 Å². The van der Waals surface area contributed by atoms with Crippen LogP contribution >= 0.6 is 11.6 Å². The average Bonchev–Trinajstić information content (AvgIpc) is 2.85. The molecular formula is C25H28ClN3O6. The highest BCUT2D eigenvalue weighted by Crippen LogP contribution is 2.31. The molecule has 0 spiro atoms. The molecule has 1 saturated carbocycles. The normalized spacial score (nSPS) is 14.0. The first-order chi connectivity index (χ1) is 16.8. The monoisotopic (exact) mass is 501 g/mol. The fraction of sp³-hybridized carbons (Fsp3) is 0.360. The highest BCUT2D eigenvalue weighted by atomic mass is 35.5. The largest absolute Gasteiger partial charge is 0.493 e. The minimum Gasteiger partial charge on any atom is -0.493 e. The first-order valence-corrected chi connectivity index (χ1v) is 11.7. The number of nitrogens with zero attached hydrogens (tertiary/aromatic N) is 2. The molecule has 0 bridgehead atoms. The number of halogens is 1. The summed E-state index contributed by atoms with van der Waals surface area (Å²) < 4.78 is 10.8. The molecule has 1 fully saturated rings. The Morgan fingerprint density at radius 1 is 1.17 bits per heavy atom. The van der Waals surface area contributed by atoms with E-state index in [-0.39, 0.29) is 29.3 Å². The third-order valence-electron chi connectivity index (χ3n) is 5.83. The van der Waals surface area contributed by atoms with Crippen molar-refractivity contribution in [3.8, 4) is 11.5 Å². The molecule has 186 valence electrons. The third kappa shape index (κ3) is 7.19. The van der Waals surface area contributed by atoms with E-state index >= 15 is 0 Å². The van der Waals surface area contributed by atoms with Crippen molar-refractivity contribution in [2.45, 2.75) is 44.7 Å². The number of methoxy groups -OCH3 is 1. The number of primary amides is 1. The van der Waals surface area contributed by atoms with Crippen molar-refractivity contribution < 1.29 is 24.0 Å². The van der Waals surface area contributed by atoms with Gasteiger partial charge in [-0.1, -0.05) is 43.0 Å². The summed E-state index contributed by atoms with van der Waals surface area (Å²) in [4.78, 5) is 36.7. The van der Waals surface area contributed by atoms with Crippen LogP contribution < -0.4 is 15.2 Å². The van der Waals surface area contributed by atoms with Crippen LogP contribution in [0, 0.1) is 10.1 Å². The SMILES string of the molecule is COc1cc(CN(C(=O)/C=C/c2ccc(Cl)c([N+](=O)[O-])c2)C2CCCCC2)ccc1OCC(N)=O. The van der Waals surface area contributed by atoms with Crippen LogP contribution in [-0.4, -0.2) is 41.4 Å². The maximum Gasteiger partial charge on any atom is 0.288 e. The number of nitro groups is 1. The summed E-state index contributed by atoms with van der Waals surface area (Å²) in [6, 6.07) is 9.75. The van der Waals surface area contributed by atoms with Crippen molar-refractivity contribution in [2.24, 2.45) is 5.73 Å². The van der Waals surface area contributed by atoms with E-state index in [0.29, 0.717) is 23.6 Å². The van der Waals surface area contributed by atoms with Crippen LogP contribution in [0.3, 0.4) is 0 Å². The van der Waals surface area contributed by atoms with Gasteiger partial charge in [0.15, 0.2) is 18.1 Å². The second-order valence-electron chi connectivity index (χ2n) is 8.30. The number of hydrogen-bond donors (Lipinski definition) is 1. The number of carbonyl (C=O) groups excluding carboxylic acids is 2. The van der Waals surface area contributed by atoms with Gasteiger partial charge < -0.3 is 20.1 Å². The molecule has 2 amide bonds. The van der Waals surface area contributed by atoms with Gasteiger partial charge in [-0.3, -0.25) is 19.7 Å². The van der Waals surface area contributed by atoms with Gasteiger partial charge in [-0.15, -0.1) is 0 Å². The molecule has 2 aromatic carbocycles. The summed E-state index contributed by atoms with van der Waals surface area (Å²) in [6.45, 7) is 0.0805. The van der Waals surface area contributed by atoms with E-state index in [1.165, 1.54) is 25.3 Å². The first kappa shape index (κ1) is 26.0. The molecule has 0 radical (unpaired) electrons. The van der Waals surface area contributed by atoms with E-state index in [4.69, 9.17) is 26.8 Å². The van der Waals surface area contributed by atoms with Crippen molar-refractivity contribution in [2.75, 3.05) is 13.7 Å². The van der Waals surface area contributed by atoms with Gasteiger partial charge in [-0.05, 0) is 48.2 Å². The zero-order valence-corrected chi connectivity index (χ0v) is 20.2. The summed E-state index contributed by atoms with van der Waals surface area (Å²) in [5.41, 5.74) is 6.28. The number of ether oxygens (including phenoxy) is 2. The van der Waals surface area contributed by atoms with E-state index in [0.717, 1.165) is 37.7 Å². The maximum absolute atomic E-state index is 13.3. The fourth-order valence-corrected chi connectivity index (χ4v) is 4.28. The maximum atomic E-state index is 13.3. The molecule has 0 atom stereocenters. The molecule has 0 unspecified atom stereocenters. The van der Waals surface area contributed by atoms with Gasteiger partial charge in [-0.25, -0.2) is 0 Å². The van der Waals surface area contributed by atoms with E-state index in [2.05, 4.69) is 0 Å². The number of nitro benzene ring substituents is 1. The van der Waals surface area contributed by atoms with Gasteiger partial charge in [-0.2, -0.15) is 0 Å². The third-order valence-corrected chi connectivity index (χ3v) is 6.15. The molecule has 0 aliphatic heterocycles. The number of rotatable bonds is 10. The standard InChI is InChI=1S/C25H28ClN3O6/c1-34-23-14-18(8-11-22(23)35-16-24(27)30)15-28(19-5-3-2-4-6-19)25(31)12-9-17-7-10-20(26)21(13-17)29(32)33/h7-14,19H,2-6,15-16H2,1H3,(H2,27,30)/b12-9+. The summed E-state index contributed by atoms with van der Waals surface area (Å²) >= 11 is 5.88. The number of nitrogens with two attached hydrogens (primary N) is 1. The quantitative estimate of drug-likeness (QED) is 0.290. The Labute approximate surface area is 208 Å². The summed E-state index contributed by atoms with van der Waals surface area (Å²) in [5, 5.41) is 11.2. The van der Waals surface area contributed by atoms with Crippen LogP contribution in [0.25, 0.3) is 6.08 Å².